The molecule has 0 spiro atoms. The van der Waals surface area contributed by atoms with Crippen LogP contribution in [0.5, 0.6) is 5.75 Å². The van der Waals surface area contributed by atoms with Crippen molar-refractivity contribution in [2.45, 2.75) is 26.2 Å². The van der Waals surface area contributed by atoms with Crippen LogP contribution in [0.25, 0.3) is 0 Å². The Kier molecular flexibility index (Phi) is 2.41. The van der Waals surface area contributed by atoms with Crippen LogP contribution in [-0.2, 0) is 5.41 Å². The summed E-state index contributed by atoms with van der Waals surface area (Å²) in [7, 11) is 1.71. The van der Waals surface area contributed by atoms with Crippen LogP contribution in [0.4, 0.5) is 0 Å². The molecule has 0 aliphatic rings. The van der Waals surface area contributed by atoms with Gasteiger partial charge in [0.25, 0.3) is 0 Å². The Labute approximate surface area is 74.4 Å². The maximum Gasteiger partial charge on any atom is 0.122 e. The van der Waals surface area contributed by atoms with E-state index in [9.17, 15) is 0 Å². The predicted molar refractivity (Wildman–Crippen MR) is 51.7 cm³/mol. The molecular weight excluding hydrogens is 148 g/mol. The molecule has 1 aromatic carbocycles. The summed E-state index contributed by atoms with van der Waals surface area (Å²) < 4.78 is 5.27. The highest BCUT2D eigenvalue weighted by Gasteiger charge is 2.17. The molecule has 1 aromatic rings. The predicted octanol–water partition coefficient (Wildman–Crippen LogP) is 2.99. The second-order valence-corrected chi connectivity index (χ2v) is 3.95. The van der Waals surface area contributed by atoms with Gasteiger partial charge < -0.3 is 4.74 Å². The zero-order chi connectivity index (χ0) is 9.19. The molecule has 0 saturated heterocycles. The topological polar surface area (TPSA) is 9.23 Å². The molecule has 1 nitrogen and oxygen atoms in total. The normalized spacial score (nSPS) is 11.3. The number of hydrogen-bond donors (Lipinski definition) is 0. The van der Waals surface area contributed by atoms with E-state index in [2.05, 4.69) is 26.8 Å². The molecule has 0 atom stereocenters. The summed E-state index contributed by atoms with van der Waals surface area (Å²) in [6.45, 7) is 6.56. The SMILES string of the molecule is COc1ccccc1C(C)(C)C. The van der Waals surface area contributed by atoms with Gasteiger partial charge in [0.1, 0.15) is 5.75 Å². The Bertz CT molecular complexity index is 258. The Morgan fingerprint density at radius 1 is 1.08 bits per heavy atom. The fourth-order valence-corrected chi connectivity index (χ4v) is 1.26. The molecule has 0 radical (unpaired) electrons. The molecule has 1 heteroatoms. The molecule has 0 aliphatic heterocycles. The number of ether oxygens (including phenoxy) is 1. The van der Waals surface area contributed by atoms with Crippen molar-refractivity contribution in [3.8, 4) is 5.75 Å². The molecule has 66 valence electrons. The van der Waals surface area contributed by atoms with E-state index in [0.29, 0.717) is 0 Å². The van der Waals surface area contributed by atoms with Gasteiger partial charge in [0.15, 0.2) is 0 Å². The van der Waals surface area contributed by atoms with E-state index in [0.717, 1.165) is 5.75 Å². The second kappa shape index (κ2) is 3.18. The van der Waals surface area contributed by atoms with Gasteiger partial charge in [-0.1, -0.05) is 39.0 Å². The first-order chi connectivity index (χ1) is 5.55. The second-order valence-electron chi connectivity index (χ2n) is 3.95. The van der Waals surface area contributed by atoms with E-state index < -0.39 is 0 Å². The molecular formula is C11H16O. The molecule has 0 amide bonds. The van der Waals surface area contributed by atoms with Crippen LogP contribution in [0.1, 0.15) is 26.3 Å². The average Bonchev–Trinajstić information content (AvgIpc) is 2.03. The van der Waals surface area contributed by atoms with E-state index in [1.165, 1.54) is 5.56 Å². The maximum atomic E-state index is 5.27. The molecule has 0 heterocycles. The minimum Gasteiger partial charge on any atom is -0.496 e. The lowest BCUT2D eigenvalue weighted by molar-refractivity contribution is 0.397. The highest BCUT2D eigenvalue weighted by molar-refractivity contribution is 5.38. The van der Waals surface area contributed by atoms with E-state index in [1.54, 1.807) is 7.11 Å². The molecule has 0 bridgehead atoms. The fourth-order valence-electron chi connectivity index (χ4n) is 1.26. The van der Waals surface area contributed by atoms with Gasteiger partial charge in [0, 0.05) is 0 Å². The molecule has 1 rings (SSSR count). The van der Waals surface area contributed by atoms with E-state index in [-0.39, 0.29) is 5.41 Å². The highest BCUT2D eigenvalue weighted by Crippen LogP contribution is 2.30. The van der Waals surface area contributed by atoms with Crippen LogP contribution in [0.2, 0.25) is 0 Å². The van der Waals surface area contributed by atoms with Gasteiger partial charge in [-0.05, 0) is 17.0 Å². The molecule has 0 unspecified atom stereocenters. The smallest absolute Gasteiger partial charge is 0.122 e. The standard InChI is InChI=1S/C11H16O/c1-11(2,3)9-7-5-6-8-10(9)12-4/h5-8H,1-4H3. The summed E-state index contributed by atoms with van der Waals surface area (Å²) in [5.74, 6) is 0.977. The first-order valence-corrected chi connectivity index (χ1v) is 4.19. The first kappa shape index (κ1) is 9.11. The lowest BCUT2D eigenvalue weighted by Gasteiger charge is -2.21. The minimum atomic E-state index is 0.159. The summed E-state index contributed by atoms with van der Waals surface area (Å²) in [5.41, 5.74) is 1.42. The highest BCUT2D eigenvalue weighted by atomic mass is 16.5. The summed E-state index contributed by atoms with van der Waals surface area (Å²) in [5, 5.41) is 0. The van der Waals surface area contributed by atoms with Gasteiger partial charge in [0.2, 0.25) is 0 Å². The zero-order valence-electron chi connectivity index (χ0n) is 8.22. The average molecular weight is 164 g/mol. The van der Waals surface area contributed by atoms with Gasteiger partial charge in [0.05, 0.1) is 7.11 Å². The summed E-state index contributed by atoms with van der Waals surface area (Å²) >= 11 is 0. The molecule has 0 aliphatic carbocycles. The van der Waals surface area contributed by atoms with Crippen LogP contribution in [0.3, 0.4) is 0 Å². The van der Waals surface area contributed by atoms with Crippen molar-refractivity contribution in [2.75, 3.05) is 7.11 Å². The van der Waals surface area contributed by atoms with Gasteiger partial charge in [-0.25, -0.2) is 0 Å². The Balaban J connectivity index is 3.14. The van der Waals surface area contributed by atoms with Gasteiger partial charge in [-0.2, -0.15) is 0 Å². The lowest BCUT2D eigenvalue weighted by atomic mass is 9.86. The molecule has 0 saturated carbocycles. The van der Waals surface area contributed by atoms with Crippen molar-refractivity contribution in [3.05, 3.63) is 29.8 Å². The molecule has 0 N–H and O–H groups in total. The van der Waals surface area contributed by atoms with Gasteiger partial charge in [-0.15, -0.1) is 0 Å². The number of para-hydroxylation sites is 1. The number of benzene rings is 1. The molecule has 0 aromatic heterocycles. The monoisotopic (exact) mass is 164 g/mol. The molecule has 12 heavy (non-hydrogen) atoms. The third-order valence-corrected chi connectivity index (χ3v) is 1.91. The minimum absolute atomic E-state index is 0.159. The number of rotatable bonds is 1. The van der Waals surface area contributed by atoms with Crippen molar-refractivity contribution < 1.29 is 4.74 Å². The van der Waals surface area contributed by atoms with Gasteiger partial charge >= 0.3 is 0 Å². The fraction of sp³-hybridized carbons (Fsp3) is 0.455. The summed E-state index contributed by atoms with van der Waals surface area (Å²) in [6, 6.07) is 8.15. The Morgan fingerprint density at radius 3 is 2.08 bits per heavy atom. The van der Waals surface area contributed by atoms with Crippen molar-refractivity contribution in [1.29, 1.82) is 0 Å². The van der Waals surface area contributed by atoms with E-state index >= 15 is 0 Å². The van der Waals surface area contributed by atoms with E-state index in [1.807, 2.05) is 18.2 Å². The van der Waals surface area contributed by atoms with Crippen molar-refractivity contribution in [3.63, 3.8) is 0 Å². The Hall–Kier alpha value is -0.980. The zero-order valence-corrected chi connectivity index (χ0v) is 8.22. The first-order valence-electron chi connectivity index (χ1n) is 4.19. The summed E-state index contributed by atoms with van der Waals surface area (Å²) in [6.07, 6.45) is 0. The summed E-state index contributed by atoms with van der Waals surface area (Å²) in [4.78, 5) is 0. The largest absolute Gasteiger partial charge is 0.496 e. The van der Waals surface area contributed by atoms with Crippen LogP contribution in [0, 0.1) is 0 Å². The maximum absolute atomic E-state index is 5.27. The number of hydrogen-bond acceptors (Lipinski definition) is 1. The van der Waals surface area contributed by atoms with Crippen molar-refractivity contribution in [1.82, 2.24) is 0 Å². The van der Waals surface area contributed by atoms with Crippen molar-refractivity contribution in [2.24, 2.45) is 0 Å². The molecule has 0 fully saturated rings. The Morgan fingerprint density at radius 2 is 1.67 bits per heavy atom. The quantitative estimate of drug-likeness (QED) is 0.620. The number of methoxy groups -OCH3 is 1. The van der Waals surface area contributed by atoms with Crippen LogP contribution >= 0.6 is 0 Å². The van der Waals surface area contributed by atoms with E-state index in [4.69, 9.17) is 4.74 Å². The third kappa shape index (κ3) is 1.79. The lowest BCUT2D eigenvalue weighted by Crippen LogP contribution is -2.12. The van der Waals surface area contributed by atoms with Crippen molar-refractivity contribution >= 4 is 0 Å². The van der Waals surface area contributed by atoms with Gasteiger partial charge in [-0.3, -0.25) is 0 Å². The third-order valence-electron chi connectivity index (χ3n) is 1.91. The van der Waals surface area contributed by atoms with Crippen LogP contribution < -0.4 is 4.74 Å². The van der Waals surface area contributed by atoms with Crippen LogP contribution in [-0.4, -0.2) is 7.11 Å². The van der Waals surface area contributed by atoms with Crippen LogP contribution in [0.15, 0.2) is 24.3 Å².